The molecule has 114 valence electrons. The molecule has 0 amide bonds. The third kappa shape index (κ3) is 3.69. The highest BCUT2D eigenvalue weighted by molar-refractivity contribution is 6.07. The van der Waals surface area contributed by atoms with Crippen LogP contribution in [0.15, 0.2) is 36.4 Å². The van der Waals surface area contributed by atoms with Gasteiger partial charge in [0.15, 0.2) is 5.78 Å². The Morgan fingerprint density at radius 2 is 1.86 bits per heavy atom. The van der Waals surface area contributed by atoms with Crippen molar-refractivity contribution >= 4 is 17.8 Å². The highest BCUT2D eigenvalue weighted by atomic mass is 16.5. The molecular formula is C17H18N2O3. The van der Waals surface area contributed by atoms with Gasteiger partial charge in [-0.15, -0.1) is 0 Å². The molecule has 0 spiro atoms. The van der Waals surface area contributed by atoms with Crippen molar-refractivity contribution in [2.75, 3.05) is 6.61 Å². The number of ether oxygens (including phenoxy) is 1. The molecule has 0 radical (unpaired) electrons. The number of hydrogen-bond donors (Lipinski definition) is 0. The van der Waals surface area contributed by atoms with Crippen LogP contribution in [-0.4, -0.2) is 28.1 Å². The van der Waals surface area contributed by atoms with Crippen molar-refractivity contribution in [1.29, 1.82) is 0 Å². The Kier molecular flexibility index (Phi) is 4.88. The highest BCUT2D eigenvalue weighted by Gasteiger charge is 2.08. The van der Waals surface area contributed by atoms with Crippen molar-refractivity contribution in [3.8, 4) is 0 Å². The van der Waals surface area contributed by atoms with Gasteiger partial charge in [-0.2, -0.15) is 5.10 Å². The average molecular weight is 298 g/mol. The van der Waals surface area contributed by atoms with E-state index in [4.69, 9.17) is 4.74 Å². The zero-order valence-corrected chi connectivity index (χ0v) is 12.9. The Bertz CT molecular complexity index is 693. The van der Waals surface area contributed by atoms with Crippen molar-refractivity contribution in [2.24, 2.45) is 7.05 Å². The smallest absolute Gasteiger partial charge is 0.338 e. The van der Waals surface area contributed by atoms with Crippen molar-refractivity contribution in [2.45, 2.75) is 13.8 Å². The molecule has 2 aromatic rings. The lowest BCUT2D eigenvalue weighted by atomic mass is 10.1. The van der Waals surface area contributed by atoms with Crippen LogP contribution in [0.5, 0.6) is 0 Å². The second-order valence-electron chi connectivity index (χ2n) is 4.83. The van der Waals surface area contributed by atoms with Crippen LogP contribution in [0.2, 0.25) is 0 Å². The minimum absolute atomic E-state index is 0.140. The second kappa shape index (κ2) is 6.85. The van der Waals surface area contributed by atoms with Crippen LogP contribution in [0.3, 0.4) is 0 Å². The summed E-state index contributed by atoms with van der Waals surface area (Å²) >= 11 is 0. The molecule has 0 saturated heterocycles. The van der Waals surface area contributed by atoms with Crippen LogP contribution in [0, 0.1) is 6.92 Å². The number of rotatable bonds is 5. The van der Waals surface area contributed by atoms with Gasteiger partial charge in [0.1, 0.15) is 0 Å². The van der Waals surface area contributed by atoms with Crippen LogP contribution in [0.1, 0.15) is 39.0 Å². The van der Waals surface area contributed by atoms with Crippen LogP contribution in [0.4, 0.5) is 0 Å². The first-order chi connectivity index (χ1) is 10.5. The highest BCUT2D eigenvalue weighted by Crippen LogP contribution is 2.09. The molecule has 0 aliphatic carbocycles. The van der Waals surface area contributed by atoms with Crippen LogP contribution in [-0.2, 0) is 11.8 Å². The van der Waals surface area contributed by atoms with Gasteiger partial charge in [0.25, 0.3) is 0 Å². The summed E-state index contributed by atoms with van der Waals surface area (Å²) in [5.41, 5.74) is 2.70. The van der Waals surface area contributed by atoms with Crippen molar-refractivity contribution in [1.82, 2.24) is 9.78 Å². The van der Waals surface area contributed by atoms with E-state index in [1.807, 2.05) is 20.0 Å². The molecular weight excluding hydrogens is 280 g/mol. The van der Waals surface area contributed by atoms with E-state index in [2.05, 4.69) is 5.10 Å². The Labute approximate surface area is 129 Å². The fraction of sp³-hybridized carbons (Fsp3) is 0.235. The molecule has 22 heavy (non-hydrogen) atoms. The summed E-state index contributed by atoms with van der Waals surface area (Å²) in [6.45, 7) is 4.02. The zero-order valence-electron chi connectivity index (χ0n) is 12.9. The number of nitrogens with zero attached hydrogens (tertiary/aromatic N) is 2. The lowest BCUT2D eigenvalue weighted by Gasteiger charge is -2.02. The SMILES string of the molecule is CCOC(=O)c1ccc(C(=O)/C=C/c2cc(C)n(C)n2)cc1. The standard InChI is InChI=1S/C17H18N2O3/c1-4-22-17(21)14-7-5-13(6-8-14)16(20)10-9-15-11-12(2)19(3)18-15/h5-11H,4H2,1-3H3/b10-9+. The Balaban J connectivity index is 2.08. The van der Waals surface area contributed by atoms with E-state index >= 15 is 0 Å². The summed E-state index contributed by atoms with van der Waals surface area (Å²) in [6.07, 6.45) is 3.15. The van der Waals surface area contributed by atoms with Gasteiger partial charge in [0.2, 0.25) is 0 Å². The van der Waals surface area contributed by atoms with E-state index in [9.17, 15) is 9.59 Å². The molecule has 5 heteroatoms. The van der Waals surface area contributed by atoms with E-state index in [0.717, 1.165) is 11.4 Å². The maximum Gasteiger partial charge on any atom is 0.338 e. The number of aryl methyl sites for hydroxylation is 2. The van der Waals surface area contributed by atoms with Crippen LogP contribution >= 0.6 is 0 Å². The molecule has 2 rings (SSSR count). The van der Waals surface area contributed by atoms with Gasteiger partial charge in [0.05, 0.1) is 17.9 Å². The largest absolute Gasteiger partial charge is 0.462 e. The minimum Gasteiger partial charge on any atom is -0.462 e. The molecule has 1 aromatic carbocycles. The van der Waals surface area contributed by atoms with E-state index < -0.39 is 0 Å². The molecule has 0 N–H and O–H groups in total. The fourth-order valence-corrected chi connectivity index (χ4v) is 1.91. The molecule has 0 unspecified atom stereocenters. The molecule has 0 bridgehead atoms. The van der Waals surface area contributed by atoms with Gasteiger partial charge >= 0.3 is 5.97 Å². The van der Waals surface area contributed by atoms with E-state index in [0.29, 0.717) is 17.7 Å². The molecule has 5 nitrogen and oxygen atoms in total. The number of carbonyl (C=O) groups excluding carboxylic acids is 2. The van der Waals surface area contributed by atoms with Crippen molar-refractivity contribution in [3.05, 3.63) is 58.9 Å². The predicted octanol–water partition coefficient (Wildman–Crippen LogP) is 2.80. The fourth-order valence-electron chi connectivity index (χ4n) is 1.91. The maximum atomic E-state index is 12.1. The zero-order chi connectivity index (χ0) is 16.1. The second-order valence-corrected chi connectivity index (χ2v) is 4.83. The van der Waals surface area contributed by atoms with Gasteiger partial charge in [-0.1, -0.05) is 12.1 Å². The predicted molar refractivity (Wildman–Crippen MR) is 83.7 cm³/mol. The lowest BCUT2D eigenvalue weighted by molar-refractivity contribution is 0.0526. The molecule has 0 atom stereocenters. The summed E-state index contributed by atoms with van der Waals surface area (Å²) in [5, 5.41) is 4.25. The van der Waals surface area contributed by atoms with Crippen molar-refractivity contribution in [3.63, 3.8) is 0 Å². The summed E-state index contributed by atoms with van der Waals surface area (Å²) in [5.74, 6) is -0.528. The van der Waals surface area contributed by atoms with Gasteiger partial charge in [-0.25, -0.2) is 4.79 Å². The average Bonchev–Trinajstić information content (AvgIpc) is 2.84. The van der Waals surface area contributed by atoms with E-state index in [1.165, 1.54) is 6.08 Å². The lowest BCUT2D eigenvalue weighted by Crippen LogP contribution is -2.05. The number of aromatic nitrogens is 2. The van der Waals surface area contributed by atoms with E-state index in [-0.39, 0.29) is 11.8 Å². The van der Waals surface area contributed by atoms with Gasteiger partial charge in [-0.05, 0) is 44.2 Å². The number of ketones is 1. The molecule has 0 saturated carbocycles. The normalized spacial score (nSPS) is 10.9. The minimum atomic E-state index is -0.388. The number of esters is 1. The molecule has 1 aromatic heterocycles. The first kappa shape index (κ1) is 15.7. The Morgan fingerprint density at radius 1 is 1.23 bits per heavy atom. The molecule has 1 heterocycles. The van der Waals surface area contributed by atoms with E-state index in [1.54, 1.807) is 41.9 Å². The third-order valence-electron chi connectivity index (χ3n) is 3.22. The van der Waals surface area contributed by atoms with Crippen LogP contribution in [0.25, 0.3) is 6.08 Å². The summed E-state index contributed by atoms with van der Waals surface area (Å²) in [6, 6.07) is 8.30. The molecule has 0 fully saturated rings. The summed E-state index contributed by atoms with van der Waals surface area (Å²) in [7, 11) is 1.85. The first-order valence-electron chi connectivity index (χ1n) is 7.01. The number of benzene rings is 1. The molecule has 0 aliphatic rings. The topological polar surface area (TPSA) is 61.2 Å². The molecule has 0 aliphatic heterocycles. The van der Waals surface area contributed by atoms with Gasteiger partial charge in [-0.3, -0.25) is 9.48 Å². The Morgan fingerprint density at radius 3 is 2.41 bits per heavy atom. The third-order valence-corrected chi connectivity index (χ3v) is 3.22. The van der Waals surface area contributed by atoms with Crippen molar-refractivity contribution < 1.29 is 14.3 Å². The quantitative estimate of drug-likeness (QED) is 0.484. The van der Waals surface area contributed by atoms with Crippen LogP contribution < -0.4 is 0 Å². The number of allylic oxidation sites excluding steroid dienone is 1. The Hall–Kier alpha value is -2.69. The summed E-state index contributed by atoms with van der Waals surface area (Å²) < 4.78 is 6.65. The maximum absolute atomic E-state index is 12.1. The monoisotopic (exact) mass is 298 g/mol. The van der Waals surface area contributed by atoms with Gasteiger partial charge < -0.3 is 4.74 Å². The number of carbonyl (C=O) groups is 2. The summed E-state index contributed by atoms with van der Waals surface area (Å²) in [4.78, 5) is 23.6. The number of hydrogen-bond acceptors (Lipinski definition) is 4. The first-order valence-corrected chi connectivity index (χ1v) is 7.01. The van der Waals surface area contributed by atoms with Gasteiger partial charge in [0, 0.05) is 18.3 Å².